The first-order valence-electron chi connectivity index (χ1n) is 10.3. The van der Waals surface area contributed by atoms with E-state index < -0.39 is 5.82 Å². The average molecular weight is 395 g/mol. The van der Waals surface area contributed by atoms with Crippen LogP contribution in [0.5, 0.6) is 0 Å². The Bertz CT molecular complexity index is 859. The summed E-state index contributed by atoms with van der Waals surface area (Å²) in [5, 5.41) is 6.09. The Balaban J connectivity index is 1.37. The number of amides is 3. The van der Waals surface area contributed by atoms with Crippen LogP contribution in [0.25, 0.3) is 0 Å². The van der Waals surface area contributed by atoms with E-state index in [-0.39, 0.29) is 30.1 Å². The number of hydrogen-bond donors (Lipinski definition) is 2. The lowest BCUT2D eigenvalue weighted by molar-refractivity contribution is 0.0522. The van der Waals surface area contributed by atoms with Crippen molar-refractivity contribution < 1.29 is 14.0 Å². The summed E-state index contributed by atoms with van der Waals surface area (Å²) in [6.07, 6.45) is 4.46. The molecule has 0 unspecified atom stereocenters. The highest BCUT2D eigenvalue weighted by Crippen LogP contribution is 2.34. The number of nitrogens with one attached hydrogen (secondary N) is 2. The Labute approximate surface area is 170 Å². The van der Waals surface area contributed by atoms with Crippen LogP contribution in [0.1, 0.15) is 48.0 Å². The quantitative estimate of drug-likeness (QED) is 0.826. The van der Waals surface area contributed by atoms with Crippen molar-refractivity contribution in [2.24, 2.45) is 0 Å². The molecular formula is C23H26FN3O2. The van der Waals surface area contributed by atoms with Gasteiger partial charge in [-0.2, -0.15) is 0 Å². The predicted octanol–water partition coefficient (Wildman–Crippen LogP) is 3.85. The fourth-order valence-electron chi connectivity index (χ4n) is 4.59. The molecule has 2 atom stereocenters. The second kappa shape index (κ2) is 8.64. The number of urea groups is 1. The first-order chi connectivity index (χ1) is 14.1. The van der Waals surface area contributed by atoms with Gasteiger partial charge < -0.3 is 15.5 Å². The van der Waals surface area contributed by atoms with Crippen LogP contribution in [0.15, 0.2) is 54.6 Å². The smallest absolute Gasteiger partial charge is 0.318 e. The summed E-state index contributed by atoms with van der Waals surface area (Å²) >= 11 is 0. The van der Waals surface area contributed by atoms with E-state index in [2.05, 4.69) is 10.6 Å². The maximum atomic E-state index is 13.4. The van der Waals surface area contributed by atoms with Gasteiger partial charge in [-0.15, -0.1) is 0 Å². The summed E-state index contributed by atoms with van der Waals surface area (Å²) in [4.78, 5) is 27.3. The first-order valence-corrected chi connectivity index (χ1v) is 10.3. The molecule has 0 spiro atoms. The summed E-state index contributed by atoms with van der Waals surface area (Å²) in [7, 11) is 0. The van der Waals surface area contributed by atoms with Crippen molar-refractivity contribution >= 4 is 11.9 Å². The molecule has 2 aliphatic rings. The lowest BCUT2D eigenvalue weighted by Gasteiger charge is -2.48. The zero-order valence-corrected chi connectivity index (χ0v) is 16.3. The minimum absolute atomic E-state index is 0.000703. The number of hydrogen-bond acceptors (Lipinski definition) is 2. The van der Waals surface area contributed by atoms with Crippen LogP contribution in [-0.2, 0) is 6.54 Å². The van der Waals surface area contributed by atoms with E-state index in [9.17, 15) is 14.0 Å². The minimum Gasteiger partial charge on any atom is -0.349 e. The molecule has 152 valence electrons. The normalized spacial score (nSPS) is 23.3. The summed E-state index contributed by atoms with van der Waals surface area (Å²) in [6.45, 7) is 0.509. The van der Waals surface area contributed by atoms with Gasteiger partial charge in [0.25, 0.3) is 5.91 Å². The van der Waals surface area contributed by atoms with E-state index >= 15 is 0 Å². The van der Waals surface area contributed by atoms with Crippen LogP contribution in [0.2, 0.25) is 0 Å². The molecule has 2 aromatic carbocycles. The third kappa shape index (κ3) is 4.58. The van der Waals surface area contributed by atoms with Gasteiger partial charge in [0.1, 0.15) is 5.82 Å². The Morgan fingerprint density at radius 3 is 2.41 bits per heavy atom. The molecule has 29 heavy (non-hydrogen) atoms. The molecule has 0 aromatic heterocycles. The number of piperidine rings is 2. The van der Waals surface area contributed by atoms with Gasteiger partial charge in [0.2, 0.25) is 0 Å². The first kappa shape index (κ1) is 19.4. The lowest BCUT2D eigenvalue weighted by atomic mass is 9.82. The van der Waals surface area contributed by atoms with Crippen molar-refractivity contribution in [2.75, 3.05) is 0 Å². The van der Waals surface area contributed by atoms with Crippen molar-refractivity contribution in [2.45, 2.75) is 56.8 Å². The minimum atomic E-state index is -0.417. The van der Waals surface area contributed by atoms with Gasteiger partial charge >= 0.3 is 6.03 Å². The molecule has 2 saturated heterocycles. The maximum Gasteiger partial charge on any atom is 0.318 e. The SMILES string of the molecule is O=C(NC1C[C@@H]2CCC[C@@H](C1)N2C(=O)NCc1ccccc1)c1cccc(F)c1. The number of carbonyl (C=O) groups excluding carboxylic acids is 2. The highest BCUT2D eigenvalue weighted by Gasteiger charge is 2.41. The van der Waals surface area contributed by atoms with Crippen LogP contribution >= 0.6 is 0 Å². The molecule has 0 saturated carbocycles. The third-order valence-corrected chi connectivity index (χ3v) is 5.92. The summed E-state index contributed by atoms with van der Waals surface area (Å²) in [5.74, 6) is -0.672. The topological polar surface area (TPSA) is 61.4 Å². The zero-order chi connectivity index (χ0) is 20.2. The molecule has 2 heterocycles. The van der Waals surface area contributed by atoms with Crippen LogP contribution in [0.3, 0.4) is 0 Å². The number of benzene rings is 2. The molecular weight excluding hydrogens is 369 g/mol. The molecule has 2 N–H and O–H groups in total. The van der Waals surface area contributed by atoms with Gasteiger partial charge in [-0.3, -0.25) is 4.79 Å². The number of fused-ring (bicyclic) bond motifs is 2. The van der Waals surface area contributed by atoms with Gasteiger partial charge in [0, 0.05) is 30.2 Å². The van der Waals surface area contributed by atoms with E-state index in [1.54, 1.807) is 12.1 Å². The summed E-state index contributed by atoms with van der Waals surface area (Å²) in [5.41, 5.74) is 1.40. The van der Waals surface area contributed by atoms with Crippen molar-refractivity contribution in [1.29, 1.82) is 0 Å². The Hall–Kier alpha value is -2.89. The van der Waals surface area contributed by atoms with Gasteiger partial charge in [0.05, 0.1) is 0 Å². The van der Waals surface area contributed by atoms with Gasteiger partial charge in [-0.1, -0.05) is 36.4 Å². The van der Waals surface area contributed by atoms with Crippen LogP contribution in [-0.4, -0.2) is 35.0 Å². The summed E-state index contributed by atoms with van der Waals surface area (Å²) < 4.78 is 13.4. The molecule has 0 radical (unpaired) electrons. The Kier molecular flexibility index (Phi) is 5.79. The number of rotatable bonds is 4. The predicted molar refractivity (Wildman–Crippen MR) is 109 cm³/mol. The molecule has 2 aromatic rings. The number of nitrogens with zero attached hydrogens (tertiary/aromatic N) is 1. The van der Waals surface area contributed by atoms with E-state index in [4.69, 9.17) is 0 Å². The molecule has 4 rings (SSSR count). The van der Waals surface area contributed by atoms with Crippen molar-refractivity contribution in [1.82, 2.24) is 15.5 Å². The van der Waals surface area contributed by atoms with Gasteiger partial charge in [-0.05, 0) is 55.9 Å². The van der Waals surface area contributed by atoms with Crippen molar-refractivity contribution in [3.63, 3.8) is 0 Å². The second-order valence-electron chi connectivity index (χ2n) is 7.94. The van der Waals surface area contributed by atoms with Gasteiger partial charge in [-0.25, -0.2) is 9.18 Å². The molecule has 0 aliphatic carbocycles. The lowest BCUT2D eigenvalue weighted by Crippen LogP contribution is -2.60. The molecule has 2 bridgehead atoms. The Morgan fingerprint density at radius 1 is 1.00 bits per heavy atom. The summed E-state index contributed by atoms with van der Waals surface area (Å²) in [6, 6.07) is 15.8. The van der Waals surface area contributed by atoms with Crippen molar-refractivity contribution in [3.05, 3.63) is 71.5 Å². The average Bonchev–Trinajstić information content (AvgIpc) is 2.72. The van der Waals surface area contributed by atoms with Crippen LogP contribution < -0.4 is 10.6 Å². The fourth-order valence-corrected chi connectivity index (χ4v) is 4.59. The van der Waals surface area contributed by atoms with E-state index in [0.717, 1.165) is 37.7 Å². The molecule has 6 heteroatoms. The van der Waals surface area contributed by atoms with E-state index in [1.807, 2.05) is 35.2 Å². The zero-order valence-electron chi connectivity index (χ0n) is 16.3. The monoisotopic (exact) mass is 395 g/mol. The van der Waals surface area contributed by atoms with Crippen molar-refractivity contribution in [3.8, 4) is 0 Å². The van der Waals surface area contributed by atoms with E-state index in [1.165, 1.54) is 12.1 Å². The van der Waals surface area contributed by atoms with Crippen LogP contribution in [0.4, 0.5) is 9.18 Å². The molecule has 5 nitrogen and oxygen atoms in total. The Morgan fingerprint density at radius 2 is 1.72 bits per heavy atom. The molecule has 2 aliphatic heterocycles. The molecule has 3 amide bonds. The highest BCUT2D eigenvalue weighted by atomic mass is 19.1. The van der Waals surface area contributed by atoms with Crippen LogP contribution in [0, 0.1) is 5.82 Å². The highest BCUT2D eigenvalue weighted by molar-refractivity contribution is 5.94. The largest absolute Gasteiger partial charge is 0.349 e. The number of carbonyl (C=O) groups is 2. The van der Waals surface area contributed by atoms with E-state index in [0.29, 0.717) is 12.1 Å². The second-order valence-corrected chi connectivity index (χ2v) is 7.94. The number of halogens is 1. The maximum absolute atomic E-state index is 13.4. The standard InChI is InChI=1S/C23H26FN3O2/c24-18-9-4-8-17(12-18)22(28)26-19-13-20-10-5-11-21(14-19)27(20)23(29)25-15-16-6-2-1-3-7-16/h1-4,6-9,12,19-21H,5,10-11,13-15H2,(H,25,29)(H,26,28)/t20-,21-/m0/s1. The van der Waals surface area contributed by atoms with Gasteiger partial charge in [0.15, 0.2) is 0 Å². The fraction of sp³-hybridized carbons (Fsp3) is 0.391. The molecule has 2 fully saturated rings. The third-order valence-electron chi connectivity index (χ3n) is 5.92.